The highest BCUT2D eigenvalue weighted by molar-refractivity contribution is 5.04. The van der Waals surface area contributed by atoms with Gasteiger partial charge < -0.3 is 0 Å². The quantitative estimate of drug-likeness (QED) is 0.354. The second-order valence-corrected chi connectivity index (χ2v) is 2.39. The Bertz CT molecular complexity index is 284. The van der Waals surface area contributed by atoms with Crippen molar-refractivity contribution in [3.8, 4) is 12.3 Å². The smallest absolute Gasteiger partial charge is 0.102 e. The van der Waals surface area contributed by atoms with Crippen molar-refractivity contribution in [1.29, 1.82) is 0 Å². The molecule has 3 N–H and O–H groups in total. The lowest BCUT2D eigenvalue weighted by atomic mass is 10.2. The number of rotatable bonds is 3. The number of terminal acetylenes is 1. The second-order valence-electron chi connectivity index (χ2n) is 2.39. The predicted molar refractivity (Wildman–Crippen MR) is 44.5 cm³/mol. The van der Waals surface area contributed by atoms with Crippen LogP contribution in [0.1, 0.15) is 18.2 Å². The van der Waals surface area contributed by atoms with Gasteiger partial charge in [-0.3, -0.25) is 11.3 Å². The Morgan fingerprint density at radius 1 is 1.92 bits per heavy atom. The van der Waals surface area contributed by atoms with Crippen LogP contribution in [0.4, 0.5) is 0 Å². The van der Waals surface area contributed by atoms with Gasteiger partial charge in [-0.25, -0.2) is 0 Å². The van der Waals surface area contributed by atoms with Crippen LogP contribution >= 0.6 is 0 Å². The fraction of sp³-hybridized carbons (Fsp3) is 0.429. The number of aromatic nitrogens is 3. The molecule has 0 fully saturated rings. The molecule has 1 rings (SSSR count). The number of nitrogens with zero attached hydrogens (tertiary/aromatic N) is 3. The van der Waals surface area contributed by atoms with E-state index in [1.54, 1.807) is 13.2 Å². The summed E-state index contributed by atoms with van der Waals surface area (Å²) < 4.78 is 0. The van der Waals surface area contributed by atoms with Crippen LogP contribution in [0.25, 0.3) is 0 Å². The average molecular weight is 165 g/mol. The van der Waals surface area contributed by atoms with Crippen molar-refractivity contribution >= 4 is 0 Å². The topological polar surface area (TPSA) is 68.8 Å². The molecule has 0 aliphatic heterocycles. The summed E-state index contributed by atoms with van der Waals surface area (Å²) in [6.07, 6.45) is 7.30. The summed E-state index contributed by atoms with van der Waals surface area (Å²) in [5.74, 6) is 7.78. The Labute approximate surface area is 70.9 Å². The Morgan fingerprint density at radius 3 is 3.08 bits per heavy atom. The molecule has 0 saturated carbocycles. The molecule has 64 valence electrons. The fourth-order valence-corrected chi connectivity index (χ4v) is 0.888. The fourth-order valence-electron chi connectivity index (χ4n) is 0.888. The predicted octanol–water partition coefficient (Wildman–Crippen LogP) is -0.657. The molecule has 0 spiro atoms. The maximum atomic E-state index is 5.28. The summed E-state index contributed by atoms with van der Waals surface area (Å²) in [6.45, 7) is 0. The van der Waals surface area contributed by atoms with Gasteiger partial charge in [0.25, 0.3) is 0 Å². The van der Waals surface area contributed by atoms with Crippen LogP contribution in [0, 0.1) is 12.3 Å². The summed E-state index contributed by atoms with van der Waals surface area (Å²) in [7, 11) is 1.74. The van der Waals surface area contributed by atoms with E-state index in [4.69, 9.17) is 12.3 Å². The van der Waals surface area contributed by atoms with Gasteiger partial charge in [0.15, 0.2) is 0 Å². The zero-order chi connectivity index (χ0) is 8.97. The Balaban J connectivity index is 2.74. The number of nitrogens with one attached hydrogen (secondary N) is 1. The third-order valence-electron chi connectivity index (χ3n) is 1.50. The van der Waals surface area contributed by atoms with E-state index < -0.39 is 0 Å². The van der Waals surface area contributed by atoms with Crippen LogP contribution < -0.4 is 11.3 Å². The van der Waals surface area contributed by atoms with Gasteiger partial charge in [0.05, 0.1) is 12.2 Å². The van der Waals surface area contributed by atoms with Crippen molar-refractivity contribution in [2.75, 3.05) is 0 Å². The van der Waals surface area contributed by atoms with Crippen LogP contribution in [-0.4, -0.2) is 15.0 Å². The van der Waals surface area contributed by atoms with Gasteiger partial charge in [-0.2, -0.15) is 15.0 Å². The molecule has 1 aromatic rings. The van der Waals surface area contributed by atoms with Crippen molar-refractivity contribution in [3.05, 3.63) is 11.9 Å². The zero-order valence-corrected chi connectivity index (χ0v) is 6.86. The summed E-state index contributed by atoms with van der Waals surface area (Å²) >= 11 is 0. The lowest BCUT2D eigenvalue weighted by Crippen LogP contribution is -2.28. The molecule has 5 heteroatoms. The highest BCUT2D eigenvalue weighted by atomic mass is 15.5. The van der Waals surface area contributed by atoms with Gasteiger partial charge in [0.1, 0.15) is 5.69 Å². The van der Waals surface area contributed by atoms with Gasteiger partial charge in [0.2, 0.25) is 0 Å². The highest BCUT2D eigenvalue weighted by Gasteiger charge is 2.10. The Hall–Kier alpha value is -1.38. The van der Waals surface area contributed by atoms with Crippen molar-refractivity contribution in [1.82, 2.24) is 20.4 Å². The standard InChI is InChI=1S/C7H11N5/c1-3-4-6(10-8)7-5-9-12(2)11-7/h1,5-6,10H,4,8H2,2H3. The van der Waals surface area contributed by atoms with E-state index in [-0.39, 0.29) is 6.04 Å². The van der Waals surface area contributed by atoms with Crippen molar-refractivity contribution in [2.24, 2.45) is 12.9 Å². The molecule has 0 aromatic carbocycles. The summed E-state index contributed by atoms with van der Waals surface area (Å²) in [5, 5.41) is 7.98. The lowest BCUT2D eigenvalue weighted by molar-refractivity contribution is 0.539. The molecule has 0 saturated heterocycles. The maximum absolute atomic E-state index is 5.28. The number of aryl methyl sites for hydroxylation is 1. The zero-order valence-electron chi connectivity index (χ0n) is 6.86. The van der Waals surface area contributed by atoms with Crippen LogP contribution in [0.3, 0.4) is 0 Å². The van der Waals surface area contributed by atoms with Crippen molar-refractivity contribution < 1.29 is 0 Å². The third-order valence-corrected chi connectivity index (χ3v) is 1.50. The van der Waals surface area contributed by atoms with E-state index in [9.17, 15) is 0 Å². The minimum absolute atomic E-state index is 0.108. The van der Waals surface area contributed by atoms with E-state index in [2.05, 4.69) is 21.5 Å². The first-order valence-corrected chi connectivity index (χ1v) is 3.53. The summed E-state index contributed by atoms with van der Waals surface area (Å²) in [5.41, 5.74) is 3.34. The molecule has 0 bridgehead atoms. The third kappa shape index (κ3) is 1.81. The van der Waals surface area contributed by atoms with Crippen molar-refractivity contribution in [3.63, 3.8) is 0 Å². The van der Waals surface area contributed by atoms with Gasteiger partial charge in [-0.1, -0.05) is 0 Å². The van der Waals surface area contributed by atoms with Crippen LogP contribution in [0.2, 0.25) is 0 Å². The Morgan fingerprint density at radius 2 is 2.67 bits per heavy atom. The number of hydrazine groups is 1. The summed E-state index contributed by atoms with van der Waals surface area (Å²) in [6, 6.07) is -0.108. The van der Waals surface area contributed by atoms with Crippen LogP contribution in [0.5, 0.6) is 0 Å². The van der Waals surface area contributed by atoms with Crippen LogP contribution in [-0.2, 0) is 7.05 Å². The molecular weight excluding hydrogens is 154 g/mol. The minimum Gasteiger partial charge on any atom is -0.271 e. The normalized spacial score (nSPS) is 12.4. The molecule has 0 radical (unpaired) electrons. The Kier molecular flexibility index (Phi) is 2.80. The molecule has 1 heterocycles. The first-order chi connectivity index (χ1) is 5.77. The largest absolute Gasteiger partial charge is 0.271 e. The van der Waals surface area contributed by atoms with E-state index in [0.717, 1.165) is 5.69 Å². The van der Waals surface area contributed by atoms with E-state index in [0.29, 0.717) is 6.42 Å². The number of hydrogen-bond donors (Lipinski definition) is 2. The summed E-state index contributed by atoms with van der Waals surface area (Å²) in [4.78, 5) is 1.47. The van der Waals surface area contributed by atoms with E-state index in [1.807, 2.05) is 0 Å². The first kappa shape index (κ1) is 8.71. The minimum atomic E-state index is -0.108. The maximum Gasteiger partial charge on any atom is 0.102 e. The van der Waals surface area contributed by atoms with E-state index >= 15 is 0 Å². The van der Waals surface area contributed by atoms with Gasteiger partial charge in [-0.15, -0.1) is 12.3 Å². The highest BCUT2D eigenvalue weighted by Crippen LogP contribution is 2.10. The molecule has 12 heavy (non-hydrogen) atoms. The molecular formula is C7H11N5. The SMILES string of the molecule is C#CCC(NN)c1cnn(C)n1. The monoisotopic (exact) mass is 165 g/mol. The lowest BCUT2D eigenvalue weighted by Gasteiger charge is -2.07. The van der Waals surface area contributed by atoms with Gasteiger partial charge in [-0.05, 0) is 0 Å². The molecule has 1 unspecified atom stereocenters. The molecule has 0 aliphatic rings. The number of hydrogen-bond acceptors (Lipinski definition) is 4. The van der Waals surface area contributed by atoms with Crippen molar-refractivity contribution in [2.45, 2.75) is 12.5 Å². The van der Waals surface area contributed by atoms with E-state index in [1.165, 1.54) is 4.80 Å². The average Bonchev–Trinajstić information content (AvgIpc) is 2.47. The molecule has 0 amide bonds. The molecule has 1 aromatic heterocycles. The van der Waals surface area contributed by atoms with Gasteiger partial charge in [0, 0.05) is 13.5 Å². The molecule has 0 aliphatic carbocycles. The van der Waals surface area contributed by atoms with Crippen LogP contribution in [0.15, 0.2) is 6.20 Å². The number of nitrogens with two attached hydrogens (primary N) is 1. The first-order valence-electron chi connectivity index (χ1n) is 3.53. The van der Waals surface area contributed by atoms with Gasteiger partial charge >= 0.3 is 0 Å². The molecule has 5 nitrogen and oxygen atoms in total. The second kappa shape index (κ2) is 3.85. The molecule has 1 atom stereocenters.